The van der Waals surface area contributed by atoms with Crippen molar-refractivity contribution in [1.82, 2.24) is 9.88 Å². The van der Waals surface area contributed by atoms with Crippen LogP contribution in [0.4, 0.5) is 5.69 Å². The molecule has 2 aliphatic heterocycles. The molecule has 8 heteroatoms. The molecule has 8 nitrogen and oxygen atoms in total. The van der Waals surface area contributed by atoms with Gasteiger partial charge in [0.1, 0.15) is 23.1 Å². The highest BCUT2D eigenvalue weighted by Crippen LogP contribution is 2.48. The molecule has 1 N–H and O–H groups in total. The number of nitrogens with one attached hydrogen (secondary N) is 1. The van der Waals surface area contributed by atoms with Crippen molar-refractivity contribution in [1.29, 1.82) is 5.26 Å². The third-order valence-corrected chi connectivity index (χ3v) is 9.30. The monoisotopic (exact) mass is 562 g/mol. The van der Waals surface area contributed by atoms with Gasteiger partial charge in [0.2, 0.25) is 0 Å². The maximum absolute atomic E-state index is 13.3. The molecule has 3 aliphatic rings. The van der Waals surface area contributed by atoms with E-state index in [0.29, 0.717) is 45.2 Å². The number of nitrogens with zero attached hydrogens (tertiary/aromatic N) is 3. The van der Waals surface area contributed by atoms with Crippen LogP contribution in [0.2, 0.25) is 0 Å². The lowest BCUT2D eigenvalue weighted by atomic mass is 9.68. The van der Waals surface area contributed by atoms with Gasteiger partial charge in [-0.3, -0.25) is 9.78 Å². The van der Waals surface area contributed by atoms with E-state index in [4.69, 9.17) is 13.9 Å². The summed E-state index contributed by atoms with van der Waals surface area (Å²) in [5, 5.41) is 13.4. The molecule has 0 bridgehead atoms. The van der Waals surface area contributed by atoms with Crippen molar-refractivity contribution in [3.8, 4) is 34.3 Å². The number of fused-ring (bicyclic) bond motifs is 1. The van der Waals surface area contributed by atoms with Crippen LogP contribution in [0.3, 0.4) is 0 Å². The van der Waals surface area contributed by atoms with Crippen LogP contribution >= 0.6 is 0 Å². The first kappa shape index (κ1) is 26.5. The number of benzene rings is 2. The average Bonchev–Trinajstić information content (AvgIpc) is 3.67. The lowest BCUT2D eigenvalue weighted by Crippen LogP contribution is -2.35. The molecule has 0 radical (unpaired) electrons. The predicted molar refractivity (Wildman–Crippen MR) is 160 cm³/mol. The number of carbonyl (C=O) groups excluding carboxylic acids is 1. The molecule has 42 heavy (non-hydrogen) atoms. The molecule has 0 atom stereocenters. The lowest BCUT2D eigenvalue weighted by Gasteiger charge is -2.37. The largest absolute Gasteiger partial charge is 0.496 e. The number of amides is 1. The van der Waals surface area contributed by atoms with Gasteiger partial charge in [-0.05, 0) is 79.5 Å². The number of methoxy groups -OCH3 is 1. The third-order valence-electron chi connectivity index (χ3n) is 9.30. The summed E-state index contributed by atoms with van der Waals surface area (Å²) in [7, 11) is 1.61. The van der Waals surface area contributed by atoms with Crippen LogP contribution in [0.15, 0.2) is 59.1 Å². The first-order chi connectivity index (χ1) is 20.6. The van der Waals surface area contributed by atoms with Crippen LogP contribution in [-0.2, 0) is 4.74 Å². The van der Waals surface area contributed by atoms with Crippen molar-refractivity contribution in [3.63, 3.8) is 0 Å². The van der Waals surface area contributed by atoms with Gasteiger partial charge in [-0.2, -0.15) is 5.26 Å². The lowest BCUT2D eigenvalue weighted by molar-refractivity contribution is 0.0732. The fourth-order valence-electron chi connectivity index (χ4n) is 6.69. The number of anilines is 1. The van der Waals surface area contributed by atoms with Crippen LogP contribution < -0.4 is 10.1 Å². The third kappa shape index (κ3) is 4.78. The highest BCUT2D eigenvalue weighted by molar-refractivity contribution is 5.97. The van der Waals surface area contributed by atoms with Gasteiger partial charge < -0.3 is 24.1 Å². The van der Waals surface area contributed by atoms with Gasteiger partial charge in [0.15, 0.2) is 5.58 Å². The summed E-state index contributed by atoms with van der Waals surface area (Å²) in [5.41, 5.74) is 6.21. The van der Waals surface area contributed by atoms with Gasteiger partial charge in [0.05, 0.1) is 23.9 Å². The first-order valence-electron chi connectivity index (χ1n) is 14.8. The fourth-order valence-corrected chi connectivity index (χ4v) is 6.69. The molecule has 1 aliphatic carbocycles. The van der Waals surface area contributed by atoms with E-state index in [1.807, 2.05) is 53.4 Å². The van der Waals surface area contributed by atoms with Crippen molar-refractivity contribution < 1.29 is 18.7 Å². The number of nitriles is 1. The van der Waals surface area contributed by atoms with E-state index in [-0.39, 0.29) is 5.91 Å². The second-order valence-electron chi connectivity index (χ2n) is 11.8. The number of ether oxygens (including phenoxy) is 2. The van der Waals surface area contributed by atoms with Gasteiger partial charge in [-0.1, -0.05) is 12.5 Å². The normalized spacial score (nSPS) is 18.1. The summed E-state index contributed by atoms with van der Waals surface area (Å²) in [6.07, 6.45) is 8.44. The molecular weight excluding hydrogens is 528 g/mol. The van der Waals surface area contributed by atoms with Crippen molar-refractivity contribution in [2.45, 2.75) is 44.6 Å². The minimum absolute atomic E-state index is 0.0558. The molecule has 2 aromatic carbocycles. The second kappa shape index (κ2) is 10.8. The number of hydrogen-bond acceptors (Lipinski definition) is 7. The van der Waals surface area contributed by atoms with Gasteiger partial charge in [0, 0.05) is 55.7 Å². The Hall–Kier alpha value is -4.35. The van der Waals surface area contributed by atoms with Crippen molar-refractivity contribution in [3.05, 3.63) is 65.9 Å². The Bertz CT molecular complexity index is 1690. The Morgan fingerprint density at radius 3 is 2.69 bits per heavy atom. The van der Waals surface area contributed by atoms with Gasteiger partial charge in [0.25, 0.3) is 5.91 Å². The van der Waals surface area contributed by atoms with Crippen LogP contribution in [-0.4, -0.2) is 55.2 Å². The topological polar surface area (TPSA) is 101 Å². The van der Waals surface area contributed by atoms with E-state index in [1.54, 1.807) is 13.3 Å². The van der Waals surface area contributed by atoms with E-state index >= 15 is 0 Å². The van der Waals surface area contributed by atoms with Crippen molar-refractivity contribution in [2.75, 3.05) is 38.7 Å². The van der Waals surface area contributed by atoms with Crippen LogP contribution in [0.25, 0.3) is 33.6 Å². The number of pyridine rings is 1. The Morgan fingerprint density at radius 1 is 1.10 bits per heavy atom. The number of rotatable bonds is 6. The van der Waals surface area contributed by atoms with E-state index in [2.05, 4.69) is 16.4 Å². The molecule has 4 heterocycles. The quantitative estimate of drug-likeness (QED) is 0.281. The minimum atomic E-state index is 0.0558. The SMILES string of the molecule is COc1cc(C(=O)N2CCC3(CCC3)C2)ccc1-c1cc2nccc(-c3ccc(NC4CCOCC4)c(C#N)c3)c2o1. The summed E-state index contributed by atoms with van der Waals surface area (Å²) < 4.78 is 17.6. The standard InChI is InChI=1S/C34H34N4O4/c1-40-30-18-23(33(39)38-14-12-34(21-38)10-2-11-34)3-5-27(30)31-19-29-32(42-31)26(7-13-36-29)22-4-6-28(24(17-22)20-35)37-25-8-15-41-16-9-25/h3-7,13,17-19,25,37H,2,8-12,14-16,21H2,1H3. The summed E-state index contributed by atoms with van der Waals surface area (Å²) >= 11 is 0. The highest BCUT2D eigenvalue weighted by Gasteiger charge is 2.44. The summed E-state index contributed by atoms with van der Waals surface area (Å²) in [6.45, 7) is 3.14. The van der Waals surface area contributed by atoms with E-state index < -0.39 is 0 Å². The van der Waals surface area contributed by atoms with Gasteiger partial charge in [-0.15, -0.1) is 0 Å². The molecule has 1 amide bonds. The number of carbonyl (C=O) groups is 1. The number of likely N-dealkylation sites (tertiary alicyclic amines) is 1. The maximum atomic E-state index is 13.3. The summed E-state index contributed by atoms with van der Waals surface area (Å²) in [4.78, 5) is 19.9. The predicted octanol–water partition coefficient (Wildman–Crippen LogP) is 6.65. The molecule has 0 unspecified atom stereocenters. The molecular formula is C34H34N4O4. The van der Waals surface area contributed by atoms with Crippen LogP contribution in [0.1, 0.15) is 54.4 Å². The molecule has 1 saturated carbocycles. The van der Waals surface area contributed by atoms with Crippen molar-refractivity contribution >= 4 is 22.7 Å². The fraction of sp³-hybridized carbons (Fsp3) is 0.382. The minimum Gasteiger partial charge on any atom is -0.496 e. The summed E-state index contributed by atoms with van der Waals surface area (Å²) in [5.74, 6) is 1.24. The zero-order chi connectivity index (χ0) is 28.7. The molecule has 214 valence electrons. The molecule has 2 aromatic heterocycles. The zero-order valence-corrected chi connectivity index (χ0v) is 23.8. The Labute approximate surface area is 245 Å². The molecule has 1 spiro atoms. The van der Waals surface area contributed by atoms with E-state index in [0.717, 1.165) is 67.9 Å². The van der Waals surface area contributed by atoms with Gasteiger partial charge >= 0.3 is 0 Å². The summed E-state index contributed by atoms with van der Waals surface area (Å²) in [6, 6.07) is 17.9. The average molecular weight is 563 g/mol. The first-order valence-corrected chi connectivity index (χ1v) is 14.8. The Balaban J connectivity index is 1.17. The number of hydrogen-bond donors (Lipinski definition) is 1. The maximum Gasteiger partial charge on any atom is 0.254 e. The molecule has 3 fully saturated rings. The molecule has 7 rings (SSSR count). The number of aromatic nitrogens is 1. The van der Waals surface area contributed by atoms with E-state index in [1.165, 1.54) is 19.3 Å². The highest BCUT2D eigenvalue weighted by atomic mass is 16.5. The van der Waals surface area contributed by atoms with Gasteiger partial charge in [-0.25, -0.2) is 0 Å². The van der Waals surface area contributed by atoms with Crippen molar-refractivity contribution in [2.24, 2.45) is 5.41 Å². The van der Waals surface area contributed by atoms with Crippen LogP contribution in [0, 0.1) is 16.7 Å². The Morgan fingerprint density at radius 2 is 1.95 bits per heavy atom. The second-order valence-corrected chi connectivity index (χ2v) is 11.8. The smallest absolute Gasteiger partial charge is 0.254 e. The Kier molecular flexibility index (Phi) is 6.83. The number of furan rings is 1. The zero-order valence-electron chi connectivity index (χ0n) is 23.8. The molecule has 2 saturated heterocycles. The van der Waals surface area contributed by atoms with Crippen LogP contribution in [0.5, 0.6) is 5.75 Å². The van der Waals surface area contributed by atoms with E-state index in [9.17, 15) is 10.1 Å². The molecule has 4 aromatic rings.